The van der Waals surface area contributed by atoms with Crippen molar-refractivity contribution < 1.29 is 0 Å². The van der Waals surface area contributed by atoms with Crippen LogP contribution in [0.2, 0.25) is 0 Å². The summed E-state index contributed by atoms with van der Waals surface area (Å²) < 4.78 is 0. The summed E-state index contributed by atoms with van der Waals surface area (Å²) in [5, 5.41) is 0. The minimum absolute atomic E-state index is 0.231. The van der Waals surface area contributed by atoms with Crippen LogP contribution in [0.4, 0.5) is 0 Å². The number of rotatable bonds is 1. The largest absolute Gasteiger partial charge is 0.0801 e. The summed E-state index contributed by atoms with van der Waals surface area (Å²) in [4.78, 5) is 0. The summed E-state index contributed by atoms with van der Waals surface area (Å²) >= 11 is 0. The maximum Gasteiger partial charge on any atom is -0.00883 e. The van der Waals surface area contributed by atoms with E-state index in [1.807, 2.05) is 0 Å². The molecule has 0 radical (unpaired) electrons. The van der Waals surface area contributed by atoms with Gasteiger partial charge in [0.1, 0.15) is 0 Å². The van der Waals surface area contributed by atoms with Gasteiger partial charge in [0.2, 0.25) is 0 Å². The molecule has 2 rings (SSSR count). The molecule has 0 spiro atoms. The predicted molar refractivity (Wildman–Crippen MR) is 71.6 cm³/mol. The average molecular weight is 212 g/mol. The molecule has 16 heavy (non-hydrogen) atoms. The molecule has 0 aliphatic heterocycles. The van der Waals surface area contributed by atoms with Crippen molar-refractivity contribution in [3.63, 3.8) is 0 Å². The Kier molecular flexibility index (Phi) is 2.75. The Balaban J connectivity index is 2.45. The summed E-state index contributed by atoms with van der Waals surface area (Å²) in [6, 6.07) is 6.85. The van der Waals surface area contributed by atoms with Gasteiger partial charge in [-0.1, -0.05) is 57.2 Å². The molecule has 0 saturated heterocycles. The summed E-state index contributed by atoms with van der Waals surface area (Å²) in [5.41, 5.74) is 5.89. The molecule has 0 bridgehead atoms. The zero-order chi connectivity index (χ0) is 11.8. The van der Waals surface area contributed by atoms with Crippen LogP contribution in [0.1, 0.15) is 43.9 Å². The SMILES string of the molecule is Cc1ccc(C(C)(C)C)cc1C1=CC=CC1. The molecule has 1 aliphatic rings. The van der Waals surface area contributed by atoms with Gasteiger partial charge < -0.3 is 0 Å². The first-order valence-corrected chi connectivity index (χ1v) is 5.96. The number of aryl methyl sites for hydroxylation is 1. The van der Waals surface area contributed by atoms with Crippen LogP contribution in [-0.4, -0.2) is 0 Å². The van der Waals surface area contributed by atoms with Crippen molar-refractivity contribution in [1.29, 1.82) is 0 Å². The van der Waals surface area contributed by atoms with E-state index in [9.17, 15) is 0 Å². The van der Waals surface area contributed by atoms with E-state index in [-0.39, 0.29) is 5.41 Å². The lowest BCUT2D eigenvalue weighted by Crippen LogP contribution is -2.11. The van der Waals surface area contributed by atoms with Crippen LogP contribution in [0.25, 0.3) is 5.57 Å². The lowest BCUT2D eigenvalue weighted by molar-refractivity contribution is 0.590. The third-order valence-electron chi connectivity index (χ3n) is 3.22. The third kappa shape index (κ3) is 2.11. The van der Waals surface area contributed by atoms with Gasteiger partial charge >= 0.3 is 0 Å². The Morgan fingerprint density at radius 3 is 2.44 bits per heavy atom. The number of hydrogen-bond donors (Lipinski definition) is 0. The molecule has 1 aromatic rings. The molecule has 0 fully saturated rings. The fourth-order valence-electron chi connectivity index (χ4n) is 2.08. The lowest BCUT2D eigenvalue weighted by atomic mass is 9.84. The standard InChI is InChI=1S/C16H20/c1-12-9-10-14(16(2,3)4)11-15(12)13-7-5-6-8-13/h5-7,9-11H,8H2,1-4H3. The van der Waals surface area contributed by atoms with Crippen LogP contribution in [0.15, 0.2) is 36.4 Å². The number of benzene rings is 1. The van der Waals surface area contributed by atoms with E-state index < -0.39 is 0 Å². The molecular formula is C16H20. The fraction of sp³-hybridized carbons (Fsp3) is 0.375. The highest BCUT2D eigenvalue weighted by Crippen LogP contribution is 2.30. The van der Waals surface area contributed by atoms with Gasteiger partial charge in [-0.3, -0.25) is 0 Å². The van der Waals surface area contributed by atoms with E-state index in [0.29, 0.717) is 0 Å². The van der Waals surface area contributed by atoms with E-state index in [4.69, 9.17) is 0 Å². The molecule has 0 aromatic heterocycles. The Morgan fingerprint density at radius 2 is 1.88 bits per heavy atom. The van der Waals surface area contributed by atoms with E-state index in [1.165, 1.54) is 22.3 Å². The highest BCUT2D eigenvalue weighted by atomic mass is 14.2. The first kappa shape index (κ1) is 11.2. The first-order chi connectivity index (χ1) is 7.48. The molecule has 0 N–H and O–H groups in total. The maximum absolute atomic E-state index is 2.36. The van der Waals surface area contributed by atoms with Crippen molar-refractivity contribution in [1.82, 2.24) is 0 Å². The second-order valence-corrected chi connectivity index (χ2v) is 5.60. The Hall–Kier alpha value is -1.30. The summed E-state index contributed by atoms with van der Waals surface area (Å²) in [7, 11) is 0. The highest BCUT2D eigenvalue weighted by Gasteiger charge is 2.16. The van der Waals surface area contributed by atoms with Crippen molar-refractivity contribution in [2.24, 2.45) is 0 Å². The number of hydrogen-bond acceptors (Lipinski definition) is 0. The lowest BCUT2D eigenvalue weighted by Gasteiger charge is -2.21. The zero-order valence-corrected chi connectivity index (χ0v) is 10.7. The van der Waals surface area contributed by atoms with Crippen LogP contribution in [0.3, 0.4) is 0 Å². The maximum atomic E-state index is 2.36. The Morgan fingerprint density at radius 1 is 1.12 bits per heavy atom. The normalized spacial score (nSPS) is 15.4. The zero-order valence-electron chi connectivity index (χ0n) is 10.7. The molecule has 0 atom stereocenters. The Bertz CT molecular complexity index is 453. The van der Waals surface area contributed by atoms with Crippen LogP contribution >= 0.6 is 0 Å². The van der Waals surface area contributed by atoms with Gasteiger partial charge in [-0.15, -0.1) is 0 Å². The van der Waals surface area contributed by atoms with E-state index in [0.717, 1.165) is 6.42 Å². The quantitative estimate of drug-likeness (QED) is 0.636. The second-order valence-electron chi connectivity index (χ2n) is 5.60. The molecule has 0 amide bonds. The monoisotopic (exact) mass is 212 g/mol. The van der Waals surface area contributed by atoms with Gasteiger partial charge in [0.05, 0.1) is 0 Å². The van der Waals surface area contributed by atoms with Crippen LogP contribution in [0.5, 0.6) is 0 Å². The molecule has 0 nitrogen and oxygen atoms in total. The molecule has 0 unspecified atom stereocenters. The van der Waals surface area contributed by atoms with Crippen LogP contribution in [-0.2, 0) is 5.41 Å². The summed E-state index contributed by atoms with van der Waals surface area (Å²) in [6.45, 7) is 9.00. The molecule has 1 aromatic carbocycles. The van der Waals surface area contributed by atoms with E-state index in [1.54, 1.807) is 0 Å². The predicted octanol–water partition coefficient (Wildman–Crippen LogP) is 4.64. The van der Waals surface area contributed by atoms with Gasteiger partial charge in [-0.2, -0.15) is 0 Å². The molecule has 1 aliphatic carbocycles. The first-order valence-electron chi connectivity index (χ1n) is 5.96. The van der Waals surface area contributed by atoms with Crippen LogP contribution < -0.4 is 0 Å². The summed E-state index contributed by atoms with van der Waals surface area (Å²) in [6.07, 6.45) is 7.68. The minimum Gasteiger partial charge on any atom is -0.0801 e. The van der Waals surface area contributed by atoms with Crippen LogP contribution in [0, 0.1) is 6.92 Å². The molecule has 0 saturated carbocycles. The third-order valence-corrected chi connectivity index (χ3v) is 3.22. The molecule has 0 heteroatoms. The average Bonchev–Trinajstić information content (AvgIpc) is 2.69. The molecular weight excluding hydrogens is 192 g/mol. The smallest absolute Gasteiger partial charge is 0.00883 e. The van der Waals surface area contributed by atoms with Gasteiger partial charge in [-0.25, -0.2) is 0 Å². The van der Waals surface area contributed by atoms with Crippen molar-refractivity contribution >= 4 is 5.57 Å². The molecule has 0 heterocycles. The molecule has 84 valence electrons. The fourth-order valence-corrected chi connectivity index (χ4v) is 2.08. The van der Waals surface area contributed by atoms with Gasteiger partial charge in [0.25, 0.3) is 0 Å². The van der Waals surface area contributed by atoms with Crippen molar-refractivity contribution in [3.05, 3.63) is 53.1 Å². The van der Waals surface area contributed by atoms with Crippen molar-refractivity contribution in [2.45, 2.75) is 39.5 Å². The summed E-state index contributed by atoms with van der Waals surface area (Å²) in [5.74, 6) is 0. The second kappa shape index (κ2) is 3.93. The highest BCUT2D eigenvalue weighted by molar-refractivity contribution is 5.73. The van der Waals surface area contributed by atoms with Crippen molar-refractivity contribution in [2.75, 3.05) is 0 Å². The van der Waals surface area contributed by atoms with Gasteiger partial charge in [-0.05, 0) is 41.0 Å². The Labute approximate surface area is 98.7 Å². The number of allylic oxidation sites excluding steroid dienone is 4. The minimum atomic E-state index is 0.231. The van der Waals surface area contributed by atoms with Crippen molar-refractivity contribution in [3.8, 4) is 0 Å². The van der Waals surface area contributed by atoms with Gasteiger partial charge in [0.15, 0.2) is 0 Å². The van der Waals surface area contributed by atoms with E-state index >= 15 is 0 Å². The topological polar surface area (TPSA) is 0 Å². The van der Waals surface area contributed by atoms with E-state index in [2.05, 4.69) is 64.1 Å². The van der Waals surface area contributed by atoms with Gasteiger partial charge in [0, 0.05) is 0 Å².